The number of piperidine rings is 1. The zero-order valence-corrected chi connectivity index (χ0v) is 16.9. The number of hydrogen-bond acceptors (Lipinski definition) is 3. The highest BCUT2D eigenvalue weighted by molar-refractivity contribution is 5.76. The van der Waals surface area contributed by atoms with Gasteiger partial charge in [-0.05, 0) is 58.9 Å². The van der Waals surface area contributed by atoms with Crippen LogP contribution in [0.15, 0.2) is 12.4 Å². The minimum atomic E-state index is 0.0561. The van der Waals surface area contributed by atoms with E-state index in [4.69, 9.17) is 0 Å². The van der Waals surface area contributed by atoms with Gasteiger partial charge in [-0.1, -0.05) is 13.3 Å². The zero-order valence-electron chi connectivity index (χ0n) is 16.9. The van der Waals surface area contributed by atoms with Crippen LogP contribution in [0, 0.1) is 0 Å². The molecule has 0 saturated carbocycles. The molecule has 1 amide bonds. The second-order valence-electron chi connectivity index (χ2n) is 8.92. The molecule has 2 rings (SSSR count). The third-order valence-electron chi connectivity index (χ3n) is 5.07. The van der Waals surface area contributed by atoms with E-state index in [2.05, 4.69) is 49.9 Å². The number of aromatic nitrogens is 2. The molecule has 25 heavy (non-hydrogen) atoms. The molecule has 0 unspecified atom stereocenters. The van der Waals surface area contributed by atoms with Gasteiger partial charge in [-0.3, -0.25) is 9.48 Å². The molecule has 5 heteroatoms. The predicted molar refractivity (Wildman–Crippen MR) is 102 cm³/mol. The van der Waals surface area contributed by atoms with Crippen molar-refractivity contribution in [2.75, 3.05) is 6.54 Å². The van der Waals surface area contributed by atoms with Gasteiger partial charge in [-0.25, -0.2) is 0 Å². The van der Waals surface area contributed by atoms with E-state index in [-0.39, 0.29) is 17.0 Å². The van der Waals surface area contributed by atoms with E-state index in [0.717, 1.165) is 44.2 Å². The maximum absolute atomic E-state index is 13.0. The Morgan fingerprint density at radius 2 is 1.96 bits per heavy atom. The molecular weight excluding hydrogens is 312 g/mol. The van der Waals surface area contributed by atoms with E-state index >= 15 is 0 Å². The Balaban J connectivity index is 2.07. The number of hydrogen-bond donors (Lipinski definition) is 1. The summed E-state index contributed by atoms with van der Waals surface area (Å²) in [5, 5.41) is 7.92. The Morgan fingerprint density at radius 3 is 2.48 bits per heavy atom. The molecule has 1 aliphatic heterocycles. The summed E-state index contributed by atoms with van der Waals surface area (Å²) in [6, 6.07) is 0.319. The number of rotatable bonds is 7. The summed E-state index contributed by atoms with van der Waals surface area (Å²) in [7, 11) is 1.91. The number of aryl methyl sites for hydroxylation is 2. The minimum Gasteiger partial charge on any atom is -0.340 e. The van der Waals surface area contributed by atoms with Crippen LogP contribution in [0.3, 0.4) is 0 Å². The van der Waals surface area contributed by atoms with Gasteiger partial charge in [0.2, 0.25) is 5.91 Å². The van der Waals surface area contributed by atoms with Crippen molar-refractivity contribution in [1.29, 1.82) is 0 Å². The Labute approximate surface area is 153 Å². The summed E-state index contributed by atoms with van der Waals surface area (Å²) < 4.78 is 1.80. The lowest BCUT2D eigenvalue weighted by Gasteiger charge is -2.49. The van der Waals surface area contributed by atoms with Gasteiger partial charge in [0.1, 0.15) is 0 Å². The van der Waals surface area contributed by atoms with Crippen molar-refractivity contribution in [3.63, 3.8) is 0 Å². The summed E-state index contributed by atoms with van der Waals surface area (Å²) in [5.41, 5.74) is 1.25. The van der Waals surface area contributed by atoms with Crippen molar-refractivity contribution in [3.8, 4) is 0 Å². The Morgan fingerprint density at radius 1 is 1.32 bits per heavy atom. The van der Waals surface area contributed by atoms with Crippen LogP contribution in [0.2, 0.25) is 0 Å². The van der Waals surface area contributed by atoms with Crippen LogP contribution in [0.4, 0.5) is 0 Å². The van der Waals surface area contributed by atoms with Crippen LogP contribution in [-0.2, 0) is 18.3 Å². The summed E-state index contributed by atoms with van der Waals surface area (Å²) in [6.45, 7) is 12.1. The van der Waals surface area contributed by atoms with E-state index in [0.29, 0.717) is 12.5 Å². The SMILES string of the molecule is CCCCN(C(=O)CCc1cnn(C)c1)C1CC(C)(C)NC(C)(C)C1. The van der Waals surface area contributed by atoms with Gasteiger partial charge in [-0.15, -0.1) is 0 Å². The first kappa shape index (κ1) is 20.0. The lowest BCUT2D eigenvalue weighted by atomic mass is 9.79. The molecule has 1 saturated heterocycles. The molecule has 1 aliphatic rings. The predicted octanol–water partition coefficient (Wildman–Crippen LogP) is 3.29. The van der Waals surface area contributed by atoms with Gasteiger partial charge >= 0.3 is 0 Å². The minimum absolute atomic E-state index is 0.0561. The fraction of sp³-hybridized carbons (Fsp3) is 0.800. The van der Waals surface area contributed by atoms with Crippen LogP contribution < -0.4 is 5.32 Å². The van der Waals surface area contributed by atoms with Gasteiger partial charge in [0.15, 0.2) is 0 Å². The zero-order chi connectivity index (χ0) is 18.7. The fourth-order valence-electron chi connectivity index (χ4n) is 4.32. The number of amides is 1. The number of nitrogens with one attached hydrogen (secondary N) is 1. The standard InChI is InChI=1S/C20H36N4O/c1-7-8-11-24(17-12-19(2,3)22-20(4,5)13-17)18(25)10-9-16-14-21-23(6)15-16/h14-15,17,22H,7-13H2,1-6H3. The van der Waals surface area contributed by atoms with Crippen molar-refractivity contribution < 1.29 is 4.79 Å². The van der Waals surface area contributed by atoms with Gasteiger partial charge < -0.3 is 10.2 Å². The number of carbonyl (C=O) groups is 1. The molecule has 1 aromatic rings. The van der Waals surface area contributed by atoms with Crippen molar-refractivity contribution in [2.24, 2.45) is 7.05 Å². The quantitative estimate of drug-likeness (QED) is 0.822. The molecule has 5 nitrogen and oxygen atoms in total. The molecule has 0 radical (unpaired) electrons. The summed E-state index contributed by atoms with van der Waals surface area (Å²) >= 11 is 0. The van der Waals surface area contributed by atoms with Crippen LogP contribution in [0.25, 0.3) is 0 Å². The normalized spacial score (nSPS) is 19.8. The molecule has 1 fully saturated rings. The van der Waals surface area contributed by atoms with Gasteiger partial charge in [0, 0.05) is 43.3 Å². The molecule has 0 aromatic carbocycles. The Bertz CT molecular complexity index is 560. The molecule has 0 spiro atoms. The van der Waals surface area contributed by atoms with Crippen LogP contribution >= 0.6 is 0 Å². The maximum atomic E-state index is 13.0. The van der Waals surface area contributed by atoms with Crippen molar-refractivity contribution >= 4 is 5.91 Å². The molecule has 1 N–H and O–H groups in total. The van der Waals surface area contributed by atoms with Crippen molar-refractivity contribution in [1.82, 2.24) is 20.0 Å². The highest BCUT2D eigenvalue weighted by atomic mass is 16.2. The third kappa shape index (κ3) is 5.84. The smallest absolute Gasteiger partial charge is 0.223 e. The Kier molecular flexibility index (Phi) is 6.30. The van der Waals surface area contributed by atoms with Crippen molar-refractivity contribution in [3.05, 3.63) is 18.0 Å². The summed E-state index contributed by atoms with van der Waals surface area (Å²) in [4.78, 5) is 15.2. The Hall–Kier alpha value is -1.36. The first-order valence-corrected chi connectivity index (χ1v) is 9.68. The second kappa shape index (κ2) is 7.90. The maximum Gasteiger partial charge on any atom is 0.223 e. The van der Waals surface area contributed by atoms with E-state index in [1.807, 2.05) is 19.4 Å². The number of carbonyl (C=O) groups excluding carboxylic acids is 1. The summed E-state index contributed by atoms with van der Waals surface area (Å²) in [6.07, 6.45) is 9.42. The molecule has 2 heterocycles. The molecule has 142 valence electrons. The lowest BCUT2D eigenvalue weighted by molar-refractivity contribution is -0.135. The first-order valence-electron chi connectivity index (χ1n) is 9.68. The second-order valence-corrected chi connectivity index (χ2v) is 8.92. The average Bonchev–Trinajstić information content (AvgIpc) is 2.88. The molecule has 0 aliphatic carbocycles. The van der Waals surface area contributed by atoms with Gasteiger partial charge in [-0.2, -0.15) is 5.10 Å². The number of nitrogens with zero attached hydrogens (tertiary/aromatic N) is 3. The lowest BCUT2D eigenvalue weighted by Crippen LogP contribution is -2.62. The molecular formula is C20H36N4O. The first-order chi connectivity index (χ1) is 11.6. The van der Waals surface area contributed by atoms with E-state index in [1.165, 1.54) is 0 Å². The summed E-state index contributed by atoms with van der Waals surface area (Å²) in [5.74, 6) is 0.288. The van der Waals surface area contributed by atoms with Crippen LogP contribution in [0.1, 0.15) is 72.3 Å². The third-order valence-corrected chi connectivity index (χ3v) is 5.07. The van der Waals surface area contributed by atoms with Crippen molar-refractivity contribution in [2.45, 2.75) is 90.3 Å². The monoisotopic (exact) mass is 348 g/mol. The number of unbranched alkanes of at least 4 members (excludes halogenated alkanes) is 1. The van der Waals surface area contributed by atoms with E-state index < -0.39 is 0 Å². The highest BCUT2D eigenvalue weighted by Gasteiger charge is 2.40. The highest BCUT2D eigenvalue weighted by Crippen LogP contribution is 2.32. The van der Waals surface area contributed by atoms with Gasteiger partial charge in [0.05, 0.1) is 6.20 Å². The molecule has 0 atom stereocenters. The van der Waals surface area contributed by atoms with Crippen LogP contribution in [-0.4, -0.2) is 44.3 Å². The van der Waals surface area contributed by atoms with Gasteiger partial charge in [0.25, 0.3) is 0 Å². The van der Waals surface area contributed by atoms with E-state index in [9.17, 15) is 4.79 Å². The largest absolute Gasteiger partial charge is 0.340 e. The molecule has 0 bridgehead atoms. The fourth-order valence-corrected chi connectivity index (χ4v) is 4.32. The molecule has 1 aromatic heterocycles. The van der Waals surface area contributed by atoms with Crippen LogP contribution in [0.5, 0.6) is 0 Å². The topological polar surface area (TPSA) is 50.2 Å². The van der Waals surface area contributed by atoms with E-state index in [1.54, 1.807) is 4.68 Å². The average molecular weight is 349 g/mol.